The topological polar surface area (TPSA) is 62.6 Å². The number of amides is 2. The molecule has 2 bridgehead atoms. The molecule has 6 rings (SSSR count). The second-order valence-electron chi connectivity index (χ2n) is 6.60. The smallest absolute Gasteiger partial charge is 0.252 e. The Morgan fingerprint density at radius 2 is 2.00 bits per heavy atom. The summed E-state index contributed by atoms with van der Waals surface area (Å²) in [6, 6.07) is 10.1. The van der Waals surface area contributed by atoms with E-state index in [4.69, 9.17) is 4.42 Å². The first-order chi connectivity index (χ1) is 11.7. The summed E-state index contributed by atoms with van der Waals surface area (Å²) in [6.45, 7) is 0.758. The molecule has 0 spiro atoms. The van der Waals surface area contributed by atoms with Gasteiger partial charge < -0.3 is 9.32 Å². The van der Waals surface area contributed by atoms with Gasteiger partial charge in [0, 0.05) is 23.8 Å². The number of rotatable bonds is 2. The zero-order valence-corrected chi connectivity index (χ0v) is 13.8. The summed E-state index contributed by atoms with van der Waals surface area (Å²) in [5.74, 6) is 1.33. The third kappa shape index (κ3) is 1.77. The van der Waals surface area contributed by atoms with Crippen molar-refractivity contribution in [3.8, 4) is 11.1 Å². The van der Waals surface area contributed by atoms with Crippen LogP contribution in [0.15, 0.2) is 45.9 Å². The molecule has 0 unspecified atom stereocenters. The Bertz CT molecular complexity index is 839. The maximum Gasteiger partial charge on any atom is 0.252 e. The van der Waals surface area contributed by atoms with Crippen LogP contribution < -0.4 is 10.2 Å². The number of fused-ring (bicyclic) bond motifs is 3. The lowest BCUT2D eigenvalue weighted by molar-refractivity contribution is -0.150. The third-order valence-corrected chi connectivity index (χ3v) is 6.40. The van der Waals surface area contributed by atoms with Crippen molar-refractivity contribution in [2.45, 2.75) is 23.3 Å². The molecule has 2 aromatic rings. The summed E-state index contributed by atoms with van der Waals surface area (Å²) >= 11 is 1.77. The molecule has 1 saturated carbocycles. The molecule has 3 fully saturated rings. The highest BCUT2D eigenvalue weighted by atomic mass is 32.2. The summed E-state index contributed by atoms with van der Waals surface area (Å²) in [7, 11) is 0. The Morgan fingerprint density at radius 1 is 1.21 bits per heavy atom. The highest BCUT2D eigenvalue weighted by molar-refractivity contribution is 7.99. The molecule has 122 valence electrons. The molecule has 1 N–H and O–H groups in total. The number of nitrogens with one attached hydrogen (secondary N) is 1. The monoisotopic (exact) mass is 340 g/mol. The van der Waals surface area contributed by atoms with E-state index in [1.165, 1.54) is 0 Å². The SMILES string of the molecule is O=C1NC(=O)C2(N3CCSc4c(-c5ccccc5)coc43)CC1C2. The number of thioether (sulfide) groups is 1. The first-order valence-electron chi connectivity index (χ1n) is 8.12. The Morgan fingerprint density at radius 3 is 2.75 bits per heavy atom. The highest BCUT2D eigenvalue weighted by Gasteiger charge is 2.62. The Hall–Kier alpha value is -2.21. The van der Waals surface area contributed by atoms with Crippen LogP contribution in [0.2, 0.25) is 0 Å². The zero-order chi connectivity index (χ0) is 16.3. The number of carbonyl (C=O) groups excluding carboxylic acids is 2. The van der Waals surface area contributed by atoms with E-state index in [0.717, 1.165) is 34.2 Å². The molecule has 0 atom stereocenters. The number of anilines is 1. The molecule has 5 nitrogen and oxygen atoms in total. The van der Waals surface area contributed by atoms with E-state index in [1.54, 1.807) is 18.0 Å². The molecule has 1 aromatic carbocycles. The number of benzene rings is 1. The normalized spacial score (nSPS) is 28.2. The summed E-state index contributed by atoms with van der Waals surface area (Å²) in [4.78, 5) is 27.4. The van der Waals surface area contributed by atoms with E-state index in [0.29, 0.717) is 12.8 Å². The van der Waals surface area contributed by atoms with Crippen molar-refractivity contribution in [2.75, 3.05) is 17.2 Å². The van der Waals surface area contributed by atoms with Gasteiger partial charge in [-0.25, -0.2) is 0 Å². The zero-order valence-electron chi connectivity index (χ0n) is 13.0. The summed E-state index contributed by atoms with van der Waals surface area (Å²) in [6.07, 6.45) is 2.98. The molecule has 4 heterocycles. The van der Waals surface area contributed by atoms with Crippen molar-refractivity contribution in [1.82, 2.24) is 5.32 Å². The van der Waals surface area contributed by atoms with E-state index in [9.17, 15) is 9.59 Å². The van der Waals surface area contributed by atoms with Crippen LogP contribution >= 0.6 is 11.8 Å². The lowest BCUT2D eigenvalue weighted by atomic mass is 9.63. The molecule has 3 aliphatic heterocycles. The minimum absolute atomic E-state index is 0.0377. The summed E-state index contributed by atoms with van der Waals surface area (Å²) < 4.78 is 5.91. The minimum atomic E-state index is -0.611. The standard InChI is InChI=1S/C18H16N2O3S/c21-15-12-8-18(9-12,17(22)19-15)20-6-7-24-14-13(10-23-16(14)20)11-4-2-1-3-5-11/h1-5,10,12H,6-9H2,(H,19,21,22). The average Bonchev–Trinajstić information content (AvgIpc) is 2.98. The number of piperidine rings is 2. The molecule has 6 heteroatoms. The van der Waals surface area contributed by atoms with Crippen molar-refractivity contribution in [1.29, 1.82) is 0 Å². The Labute approximate surface area is 143 Å². The van der Waals surface area contributed by atoms with Crippen molar-refractivity contribution in [3.05, 3.63) is 36.6 Å². The molecule has 2 amide bonds. The average molecular weight is 340 g/mol. The van der Waals surface area contributed by atoms with E-state index >= 15 is 0 Å². The van der Waals surface area contributed by atoms with Crippen LogP contribution in [0.3, 0.4) is 0 Å². The second kappa shape index (κ2) is 4.89. The molecular weight excluding hydrogens is 324 g/mol. The third-order valence-electron chi connectivity index (χ3n) is 5.33. The van der Waals surface area contributed by atoms with Gasteiger partial charge >= 0.3 is 0 Å². The van der Waals surface area contributed by atoms with Crippen LogP contribution in [0, 0.1) is 5.92 Å². The lowest BCUT2D eigenvalue weighted by Crippen LogP contribution is -2.74. The maximum atomic E-state index is 12.5. The number of nitrogens with zero attached hydrogens (tertiary/aromatic N) is 1. The van der Waals surface area contributed by atoms with Gasteiger partial charge in [0.15, 0.2) is 0 Å². The van der Waals surface area contributed by atoms with Crippen molar-refractivity contribution >= 4 is 29.5 Å². The van der Waals surface area contributed by atoms with Gasteiger partial charge in [0.2, 0.25) is 11.8 Å². The van der Waals surface area contributed by atoms with Gasteiger partial charge in [-0.15, -0.1) is 11.8 Å². The predicted octanol–water partition coefficient (Wildman–Crippen LogP) is 2.66. The molecule has 1 aromatic heterocycles. The van der Waals surface area contributed by atoms with Crippen molar-refractivity contribution in [3.63, 3.8) is 0 Å². The molecule has 4 aliphatic rings. The van der Waals surface area contributed by atoms with Gasteiger partial charge in [-0.2, -0.15) is 0 Å². The van der Waals surface area contributed by atoms with Gasteiger partial charge in [-0.3, -0.25) is 14.9 Å². The van der Waals surface area contributed by atoms with Gasteiger partial charge in [0.25, 0.3) is 5.91 Å². The Kier molecular flexibility index (Phi) is 2.89. The van der Waals surface area contributed by atoms with Gasteiger partial charge in [-0.1, -0.05) is 30.3 Å². The fourth-order valence-electron chi connectivity index (χ4n) is 4.03. The van der Waals surface area contributed by atoms with Crippen molar-refractivity contribution in [2.24, 2.45) is 5.92 Å². The summed E-state index contributed by atoms with van der Waals surface area (Å²) in [5.41, 5.74) is 1.57. The first-order valence-corrected chi connectivity index (χ1v) is 9.10. The maximum absolute atomic E-state index is 12.5. The molecule has 0 radical (unpaired) electrons. The lowest BCUT2D eigenvalue weighted by Gasteiger charge is -2.55. The number of carbonyl (C=O) groups is 2. The van der Waals surface area contributed by atoms with E-state index in [-0.39, 0.29) is 17.7 Å². The van der Waals surface area contributed by atoms with Gasteiger partial charge in [0.1, 0.15) is 11.8 Å². The molecule has 1 aliphatic carbocycles. The quantitative estimate of drug-likeness (QED) is 0.852. The van der Waals surface area contributed by atoms with Crippen LogP contribution in [0.4, 0.5) is 5.88 Å². The van der Waals surface area contributed by atoms with Crippen LogP contribution in [-0.2, 0) is 9.59 Å². The first kappa shape index (κ1) is 14.2. The van der Waals surface area contributed by atoms with E-state index in [2.05, 4.69) is 22.3 Å². The fraction of sp³-hybridized carbons (Fsp3) is 0.333. The van der Waals surface area contributed by atoms with Crippen LogP contribution in [0.25, 0.3) is 11.1 Å². The van der Waals surface area contributed by atoms with Crippen LogP contribution in [0.5, 0.6) is 0 Å². The molecular formula is C18H16N2O3S. The Balaban J connectivity index is 1.56. The second-order valence-corrected chi connectivity index (χ2v) is 7.71. The number of hydrogen-bond donors (Lipinski definition) is 1. The number of furan rings is 1. The fourth-order valence-corrected chi connectivity index (χ4v) is 5.11. The number of hydrogen-bond acceptors (Lipinski definition) is 5. The number of imide groups is 1. The largest absolute Gasteiger partial charge is 0.447 e. The van der Waals surface area contributed by atoms with E-state index in [1.807, 2.05) is 18.2 Å². The predicted molar refractivity (Wildman–Crippen MR) is 90.8 cm³/mol. The molecule has 2 saturated heterocycles. The van der Waals surface area contributed by atoms with Gasteiger partial charge in [-0.05, 0) is 18.4 Å². The van der Waals surface area contributed by atoms with Crippen LogP contribution in [-0.4, -0.2) is 29.7 Å². The van der Waals surface area contributed by atoms with Crippen molar-refractivity contribution < 1.29 is 14.0 Å². The molecule has 24 heavy (non-hydrogen) atoms. The minimum Gasteiger partial charge on any atom is -0.447 e. The van der Waals surface area contributed by atoms with E-state index < -0.39 is 5.54 Å². The highest BCUT2D eigenvalue weighted by Crippen LogP contribution is 2.52. The van der Waals surface area contributed by atoms with Gasteiger partial charge in [0.05, 0.1) is 4.90 Å². The summed E-state index contributed by atoms with van der Waals surface area (Å²) in [5, 5.41) is 2.52. The van der Waals surface area contributed by atoms with Crippen LogP contribution in [0.1, 0.15) is 12.8 Å².